The number of nitrogens with one attached hydrogen (secondary N) is 2. The molecule has 1 aliphatic rings. The van der Waals surface area contributed by atoms with Gasteiger partial charge in [0, 0.05) is 47.3 Å². The molecule has 0 aromatic heterocycles. The highest BCUT2D eigenvalue weighted by molar-refractivity contribution is 7.99. The van der Waals surface area contributed by atoms with Gasteiger partial charge in [0.2, 0.25) is 11.8 Å². The van der Waals surface area contributed by atoms with E-state index in [9.17, 15) is 14.0 Å². The van der Waals surface area contributed by atoms with Crippen LogP contribution in [0, 0.1) is 12.7 Å². The SMILES string of the molecule is Cc1c(F)cc(C(N)=O)cc1NC(=O)CC1CSCCN1. The Kier molecular flexibility index (Phi) is 5.19. The van der Waals surface area contributed by atoms with Gasteiger partial charge in [-0.15, -0.1) is 0 Å². The normalized spacial score (nSPS) is 18.3. The van der Waals surface area contributed by atoms with E-state index in [0.29, 0.717) is 12.0 Å². The number of hydrogen-bond acceptors (Lipinski definition) is 4. The van der Waals surface area contributed by atoms with Crippen molar-refractivity contribution in [3.05, 3.63) is 29.1 Å². The third-order valence-electron chi connectivity index (χ3n) is 3.33. The van der Waals surface area contributed by atoms with E-state index in [1.54, 1.807) is 18.7 Å². The minimum Gasteiger partial charge on any atom is -0.366 e. The molecule has 1 atom stereocenters. The predicted octanol–water partition coefficient (Wildman–Crippen LogP) is 1.27. The van der Waals surface area contributed by atoms with E-state index >= 15 is 0 Å². The molecule has 0 aliphatic carbocycles. The third kappa shape index (κ3) is 4.18. The maximum Gasteiger partial charge on any atom is 0.248 e. The average molecular weight is 311 g/mol. The molecule has 0 bridgehead atoms. The summed E-state index contributed by atoms with van der Waals surface area (Å²) in [7, 11) is 0. The van der Waals surface area contributed by atoms with Crippen molar-refractivity contribution >= 4 is 29.3 Å². The molecule has 114 valence electrons. The first-order valence-corrected chi connectivity index (χ1v) is 7.83. The van der Waals surface area contributed by atoms with Gasteiger partial charge in [-0.1, -0.05) is 0 Å². The van der Waals surface area contributed by atoms with Crippen molar-refractivity contribution in [2.75, 3.05) is 23.4 Å². The van der Waals surface area contributed by atoms with Crippen LogP contribution in [0.4, 0.5) is 10.1 Å². The lowest BCUT2D eigenvalue weighted by atomic mass is 10.1. The fourth-order valence-corrected chi connectivity index (χ4v) is 3.08. The Bertz CT molecular complexity index is 559. The van der Waals surface area contributed by atoms with Crippen LogP contribution in [0.2, 0.25) is 0 Å². The van der Waals surface area contributed by atoms with Crippen molar-refractivity contribution in [1.29, 1.82) is 0 Å². The molecular weight excluding hydrogens is 293 g/mol. The Morgan fingerprint density at radius 1 is 1.52 bits per heavy atom. The van der Waals surface area contributed by atoms with E-state index in [4.69, 9.17) is 5.73 Å². The fourth-order valence-electron chi connectivity index (χ4n) is 2.13. The van der Waals surface area contributed by atoms with E-state index in [2.05, 4.69) is 10.6 Å². The number of anilines is 1. The molecule has 2 amide bonds. The van der Waals surface area contributed by atoms with Crippen LogP contribution in [0.3, 0.4) is 0 Å². The molecule has 2 rings (SSSR count). The molecular formula is C14H18FN3O2S. The zero-order valence-electron chi connectivity index (χ0n) is 11.7. The van der Waals surface area contributed by atoms with Crippen molar-refractivity contribution < 1.29 is 14.0 Å². The van der Waals surface area contributed by atoms with Crippen LogP contribution in [-0.4, -0.2) is 35.9 Å². The largest absolute Gasteiger partial charge is 0.366 e. The Morgan fingerprint density at radius 3 is 2.90 bits per heavy atom. The number of carbonyl (C=O) groups excluding carboxylic acids is 2. The minimum atomic E-state index is -0.727. The Morgan fingerprint density at radius 2 is 2.29 bits per heavy atom. The molecule has 1 heterocycles. The lowest BCUT2D eigenvalue weighted by Gasteiger charge is -2.22. The van der Waals surface area contributed by atoms with Crippen molar-refractivity contribution in [3.63, 3.8) is 0 Å². The molecule has 21 heavy (non-hydrogen) atoms. The van der Waals surface area contributed by atoms with Gasteiger partial charge < -0.3 is 16.4 Å². The second-order valence-corrected chi connectivity index (χ2v) is 6.12. The highest BCUT2D eigenvalue weighted by Crippen LogP contribution is 2.21. The van der Waals surface area contributed by atoms with Gasteiger partial charge in [-0.3, -0.25) is 9.59 Å². The first-order valence-electron chi connectivity index (χ1n) is 6.68. The highest BCUT2D eigenvalue weighted by atomic mass is 32.2. The van der Waals surface area contributed by atoms with Gasteiger partial charge in [0.15, 0.2) is 0 Å². The summed E-state index contributed by atoms with van der Waals surface area (Å²) in [6.45, 7) is 2.43. The molecule has 1 saturated heterocycles. The summed E-state index contributed by atoms with van der Waals surface area (Å²) in [4.78, 5) is 23.2. The molecule has 1 fully saturated rings. The number of benzene rings is 1. The molecule has 0 saturated carbocycles. The van der Waals surface area contributed by atoms with Gasteiger partial charge in [-0.25, -0.2) is 4.39 Å². The number of amides is 2. The lowest BCUT2D eigenvalue weighted by molar-refractivity contribution is -0.116. The van der Waals surface area contributed by atoms with Crippen molar-refractivity contribution in [1.82, 2.24) is 5.32 Å². The average Bonchev–Trinajstić information content (AvgIpc) is 2.44. The van der Waals surface area contributed by atoms with E-state index < -0.39 is 11.7 Å². The first-order chi connectivity index (χ1) is 9.97. The maximum absolute atomic E-state index is 13.7. The fraction of sp³-hybridized carbons (Fsp3) is 0.429. The van der Waals surface area contributed by atoms with Gasteiger partial charge in [-0.2, -0.15) is 11.8 Å². The van der Waals surface area contributed by atoms with Gasteiger partial charge in [0.25, 0.3) is 0 Å². The summed E-state index contributed by atoms with van der Waals surface area (Å²) in [5, 5.41) is 5.92. The summed E-state index contributed by atoms with van der Waals surface area (Å²) in [6.07, 6.45) is 0.314. The number of hydrogen-bond donors (Lipinski definition) is 3. The highest BCUT2D eigenvalue weighted by Gasteiger charge is 2.18. The molecule has 4 N–H and O–H groups in total. The van der Waals surface area contributed by atoms with E-state index in [-0.39, 0.29) is 23.2 Å². The number of nitrogens with two attached hydrogens (primary N) is 1. The zero-order valence-corrected chi connectivity index (χ0v) is 12.6. The van der Waals surface area contributed by atoms with Crippen LogP contribution < -0.4 is 16.4 Å². The molecule has 1 unspecified atom stereocenters. The summed E-state index contributed by atoms with van der Waals surface area (Å²) in [6, 6.07) is 2.60. The van der Waals surface area contributed by atoms with E-state index in [1.165, 1.54) is 6.07 Å². The molecule has 0 radical (unpaired) electrons. The van der Waals surface area contributed by atoms with Gasteiger partial charge in [0.1, 0.15) is 5.82 Å². The van der Waals surface area contributed by atoms with Crippen molar-refractivity contribution in [2.45, 2.75) is 19.4 Å². The second-order valence-electron chi connectivity index (χ2n) is 4.97. The predicted molar refractivity (Wildman–Crippen MR) is 82.0 cm³/mol. The number of rotatable bonds is 4. The molecule has 0 spiro atoms. The summed E-state index contributed by atoms with van der Waals surface area (Å²) < 4.78 is 13.7. The van der Waals surface area contributed by atoms with Crippen LogP contribution in [-0.2, 0) is 4.79 Å². The number of primary amides is 1. The Balaban J connectivity index is 2.07. The van der Waals surface area contributed by atoms with Crippen LogP contribution in [0.1, 0.15) is 22.3 Å². The van der Waals surface area contributed by atoms with Gasteiger partial charge >= 0.3 is 0 Å². The van der Waals surface area contributed by atoms with E-state index in [0.717, 1.165) is 24.1 Å². The summed E-state index contributed by atoms with van der Waals surface area (Å²) in [5.41, 5.74) is 5.77. The third-order valence-corrected chi connectivity index (χ3v) is 4.46. The second kappa shape index (κ2) is 6.91. The molecule has 5 nitrogen and oxygen atoms in total. The quantitative estimate of drug-likeness (QED) is 0.782. The Hall–Kier alpha value is -1.60. The molecule has 1 aromatic rings. The van der Waals surface area contributed by atoms with Crippen LogP contribution in [0.25, 0.3) is 0 Å². The summed E-state index contributed by atoms with van der Waals surface area (Å²) in [5.74, 6) is 0.423. The van der Waals surface area contributed by atoms with Gasteiger partial charge in [-0.05, 0) is 19.1 Å². The van der Waals surface area contributed by atoms with Crippen molar-refractivity contribution in [3.8, 4) is 0 Å². The standard InChI is InChI=1S/C14H18FN3O2S/c1-8-11(15)4-9(14(16)20)5-12(8)18-13(19)6-10-7-21-3-2-17-10/h4-5,10,17H,2-3,6-7H2,1H3,(H2,16,20)(H,18,19). The topological polar surface area (TPSA) is 84.2 Å². The smallest absolute Gasteiger partial charge is 0.248 e. The number of carbonyl (C=O) groups is 2. The lowest BCUT2D eigenvalue weighted by Crippen LogP contribution is -2.40. The first kappa shape index (κ1) is 15.8. The van der Waals surface area contributed by atoms with Crippen LogP contribution in [0.5, 0.6) is 0 Å². The van der Waals surface area contributed by atoms with E-state index in [1.807, 2.05) is 0 Å². The monoisotopic (exact) mass is 311 g/mol. The Labute approximate surface area is 126 Å². The summed E-state index contributed by atoms with van der Waals surface area (Å²) >= 11 is 1.80. The van der Waals surface area contributed by atoms with Crippen molar-refractivity contribution in [2.24, 2.45) is 5.73 Å². The molecule has 1 aromatic carbocycles. The van der Waals surface area contributed by atoms with Gasteiger partial charge in [0.05, 0.1) is 0 Å². The minimum absolute atomic E-state index is 0.0414. The molecule has 7 heteroatoms. The number of thioether (sulfide) groups is 1. The molecule has 1 aliphatic heterocycles. The maximum atomic E-state index is 13.7. The number of halogens is 1. The van der Waals surface area contributed by atoms with Crippen LogP contribution in [0.15, 0.2) is 12.1 Å². The zero-order chi connectivity index (χ0) is 15.4. The van der Waals surface area contributed by atoms with Crippen LogP contribution >= 0.6 is 11.8 Å².